The molecule has 1 heterocycles. The lowest BCUT2D eigenvalue weighted by Gasteiger charge is -2.18. The Morgan fingerprint density at radius 1 is 0.971 bits per heavy atom. The summed E-state index contributed by atoms with van der Waals surface area (Å²) >= 11 is 0. The molecule has 1 fully saturated rings. The van der Waals surface area contributed by atoms with Crippen molar-refractivity contribution in [2.45, 2.75) is 12.8 Å². The molecule has 1 amide bonds. The van der Waals surface area contributed by atoms with E-state index in [2.05, 4.69) is 0 Å². The first-order chi connectivity index (χ1) is 16.4. The first-order valence-corrected chi connectivity index (χ1v) is 11.0. The maximum Gasteiger partial charge on any atom is 0.415 e. The molecule has 0 radical (unpaired) electrons. The Morgan fingerprint density at radius 2 is 1.56 bits per heavy atom. The van der Waals surface area contributed by atoms with Gasteiger partial charge in [0.25, 0.3) is 0 Å². The minimum absolute atomic E-state index is 0.00114. The van der Waals surface area contributed by atoms with E-state index in [9.17, 15) is 9.59 Å². The molecule has 3 rings (SSSR count). The van der Waals surface area contributed by atoms with Gasteiger partial charge in [-0.15, -0.1) is 0 Å². The predicted molar refractivity (Wildman–Crippen MR) is 124 cm³/mol. The fourth-order valence-corrected chi connectivity index (χ4v) is 3.96. The summed E-state index contributed by atoms with van der Waals surface area (Å²) in [6.45, 7) is 0.343. The van der Waals surface area contributed by atoms with Gasteiger partial charge in [0, 0.05) is 19.5 Å². The first kappa shape index (κ1) is 25.2. The van der Waals surface area contributed by atoms with Crippen molar-refractivity contribution in [3.8, 4) is 23.0 Å². The number of hydrogen-bond acceptors (Lipinski definition) is 8. The average molecular weight is 474 g/mol. The highest BCUT2D eigenvalue weighted by atomic mass is 16.6. The Bertz CT molecular complexity index is 1010. The van der Waals surface area contributed by atoms with E-state index in [-0.39, 0.29) is 36.7 Å². The van der Waals surface area contributed by atoms with Gasteiger partial charge in [-0.25, -0.2) is 4.79 Å². The normalized spacial score (nSPS) is 17.1. The summed E-state index contributed by atoms with van der Waals surface area (Å²) < 4.78 is 26.8. The zero-order valence-corrected chi connectivity index (χ0v) is 19.9. The molecule has 1 aliphatic rings. The highest BCUT2D eigenvalue weighted by Crippen LogP contribution is 2.35. The first-order valence-electron chi connectivity index (χ1n) is 11.0. The fraction of sp³-hybridized carbons (Fsp3) is 0.440. The summed E-state index contributed by atoms with van der Waals surface area (Å²) in [4.78, 5) is 25.9. The van der Waals surface area contributed by atoms with Crippen molar-refractivity contribution in [3.63, 3.8) is 0 Å². The molecule has 9 nitrogen and oxygen atoms in total. The molecule has 0 spiro atoms. The van der Waals surface area contributed by atoms with E-state index in [1.807, 2.05) is 18.2 Å². The Balaban J connectivity index is 1.72. The fourth-order valence-electron chi connectivity index (χ4n) is 3.96. The third-order valence-electron chi connectivity index (χ3n) is 5.89. The molecule has 1 aliphatic heterocycles. The van der Waals surface area contributed by atoms with Gasteiger partial charge < -0.3 is 33.7 Å². The zero-order valence-electron chi connectivity index (χ0n) is 19.9. The number of carbonyl (C=O) groups excluding carboxylic acids is 2. The van der Waals surface area contributed by atoms with Crippen molar-refractivity contribution in [2.75, 3.05) is 48.1 Å². The molecule has 34 heavy (non-hydrogen) atoms. The largest absolute Gasteiger partial charge is 0.493 e. The van der Waals surface area contributed by atoms with Crippen molar-refractivity contribution in [1.29, 1.82) is 0 Å². The van der Waals surface area contributed by atoms with Gasteiger partial charge in [0.05, 0.1) is 40.5 Å². The molecule has 0 bridgehead atoms. The van der Waals surface area contributed by atoms with Crippen LogP contribution in [0.5, 0.6) is 23.0 Å². The van der Waals surface area contributed by atoms with Crippen LogP contribution in [0.2, 0.25) is 0 Å². The van der Waals surface area contributed by atoms with Crippen LogP contribution in [0, 0.1) is 11.8 Å². The van der Waals surface area contributed by atoms with Gasteiger partial charge in [-0.05, 0) is 48.2 Å². The molecule has 2 aromatic rings. The summed E-state index contributed by atoms with van der Waals surface area (Å²) in [6.07, 6.45) is 0.515. The Morgan fingerprint density at radius 3 is 2.18 bits per heavy atom. The number of ether oxygens (including phenoxy) is 5. The van der Waals surface area contributed by atoms with Crippen LogP contribution >= 0.6 is 0 Å². The van der Waals surface area contributed by atoms with E-state index in [1.165, 1.54) is 19.1 Å². The average Bonchev–Trinajstić information content (AvgIpc) is 3.18. The lowest BCUT2D eigenvalue weighted by molar-refractivity contribution is -0.141. The van der Waals surface area contributed by atoms with Crippen LogP contribution in [0.1, 0.15) is 11.1 Å². The van der Waals surface area contributed by atoms with Gasteiger partial charge in [-0.3, -0.25) is 4.79 Å². The molecular formula is C25H31NO8. The van der Waals surface area contributed by atoms with Crippen LogP contribution in [0.3, 0.4) is 0 Å². The van der Waals surface area contributed by atoms with Crippen LogP contribution in [0.4, 0.5) is 4.79 Å². The quantitative estimate of drug-likeness (QED) is 0.526. The monoisotopic (exact) mass is 473 g/mol. The molecular weight excluding hydrogens is 442 g/mol. The SMILES string of the molecule is COc1ccc(C[C@H]2COC(=O)[C@@H]2Cc2ccc(OC(=O)N(C)CCO)c(OC)c2)cc1OC. The van der Waals surface area contributed by atoms with E-state index >= 15 is 0 Å². The molecule has 0 unspecified atom stereocenters. The molecule has 2 aromatic carbocycles. The van der Waals surface area contributed by atoms with Crippen molar-refractivity contribution in [3.05, 3.63) is 47.5 Å². The number of benzene rings is 2. The van der Waals surface area contributed by atoms with Gasteiger partial charge in [0.15, 0.2) is 23.0 Å². The van der Waals surface area contributed by atoms with Crippen LogP contribution in [-0.2, 0) is 22.4 Å². The summed E-state index contributed by atoms with van der Waals surface area (Å²) in [7, 11) is 6.19. The van der Waals surface area contributed by atoms with E-state index in [1.54, 1.807) is 32.4 Å². The molecule has 9 heteroatoms. The highest BCUT2D eigenvalue weighted by Gasteiger charge is 2.37. The van der Waals surface area contributed by atoms with Crippen molar-refractivity contribution in [1.82, 2.24) is 4.90 Å². The van der Waals surface area contributed by atoms with Gasteiger partial charge >= 0.3 is 12.1 Å². The van der Waals surface area contributed by atoms with Crippen LogP contribution in [0.25, 0.3) is 0 Å². The third-order valence-corrected chi connectivity index (χ3v) is 5.89. The highest BCUT2D eigenvalue weighted by molar-refractivity contribution is 5.75. The minimum atomic E-state index is -0.602. The summed E-state index contributed by atoms with van der Waals surface area (Å²) in [5.74, 6) is 1.38. The van der Waals surface area contributed by atoms with Gasteiger partial charge in [-0.1, -0.05) is 12.1 Å². The number of cyclic esters (lactones) is 1. The Labute approximate surface area is 199 Å². The van der Waals surface area contributed by atoms with E-state index in [0.29, 0.717) is 36.7 Å². The number of nitrogens with zero attached hydrogens (tertiary/aromatic N) is 1. The molecule has 184 valence electrons. The number of hydrogen-bond donors (Lipinski definition) is 1. The lowest BCUT2D eigenvalue weighted by Crippen LogP contribution is -2.32. The van der Waals surface area contributed by atoms with E-state index in [0.717, 1.165) is 11.1 Å². The number of aliphatic hydroxyl groups is 1. The standard InChI is InChI=1S/C25H31NO8/c1-26(9-10-27)25(29)34-21-8-6-17(14-23(21)32-4)12-19-18(15-33-24(19)28)11-16-5-7-20(30-2)22(13-16)31-3/h5-8,13-14,18-19,27H,9-12,15H2,1-4H3/t18-,19+/m0/s1. The predicted octanol–water partition coefficient (Wildman–Crippen LogP) is 2.71. The molecule has 2 atom stereocenters. The topological polar surface area (TPSA) is 104 Å². The van der Waals surface area contributed by atoms with Crippen molar-refractivity contribution >= 4 is 12.1 Å². The van der Waals surface area contributed by atoms with Gasteiger partial charge in [0.2, 0.25) is 0 Å². The van der Waals surface area contributed by atoms with Gasteiger partial charge in [-0.2, -0.15) is 0 Å². The summed E-state index contributed by atoms with van der Waals surface area (Å²) in [5.41, 5.74) is 1.89. The van der Waals surface area contributed by atoms with E-state index in [4.69, 9.17) is 28.8 Å². The summed E-state index contributed by atoms with van der Waals surface area (Å²) in [6, 6.07) is 10.9. The minimum Gasteiger partial charge on any atom is -0.493 e. The number of amides is 1. The second-order valence-electron chi connectivity index (χ2n) is 8.09. The van der Waals surface area contributed by atoms with Crippen molar-refractivity contribution in [2.24, 2.45) is 11.8 Å². The Hall–Kier alpha value is -3.46. The van der Waals surface area contributed by atoms with Crippen LogP contribution < -0.4 is 18.9 Å². The lowest BCUT2D eigenvalue weighted by atomic mass is 9.85. The van der Waals surface area contributed by atoms with Crippen LogP contribution in [0.15, 0.2) is 36.4 Å². The number of aliphatic hydroxyl groups excluding tert-OH is 1. The maximum absolute atomic E-state index is 12.5. The van der Waals surface area contributed by atoms with Crippen LogP contribution in [-0.4, -0.2) is 70.2 Å². The number of esters is 1. The molecule has 1 N–H and O–H groups in total. The Kier molecular flexibility index (Phi) is 8.59. The number of rotatable bonds is 10. The smallest absolute Gasteiger partial charge is 0.415 e. The van der Waals surface area contributed by atoms with Crippen molar-refractivity contribution < 1.29 is 38.4 Å². The second-order valence-corrected chi connectivity index (χ2v) is 8.09. The molecule has 0 saturated carbocycles. The van der Waals surface area contributed by atoms with Gasteiger partial charge in [0.1, 0.15) is 0 Å². The molecule has 1 saturated heterocycles. The molecule has 0 aliphatic carbocycles. The molecule has 0 aromatic heterocycles. The second kappa shape index (κ2) is 11.6. The van der Waals surface area contributed by atoms with E-state index < -0.39 is 6.09 Å². The maximum atomic E-state index is 12.5. The number of carbonyl (C=O) groups is 2. The zero-order chi connectivity index (χ0) is 24.7. The number of likely N-dealkylation sites (N-methyl/N-ethyl adjacent to an activating group) is 1. The third kappa shape index (κ3) is 5.91. The number of methoxy groups -OCH3 is 3. The summed E-state index contributed by atoms with van der Waals surface area (Å²) in [5, 5.41) is 8.99.